The highest BCUT2D eigenvalue weighted by molar-refractivity contribution is 5.72. The van der Waals surface area contributed by atoms with Gasteiger partial charge in [0, 0.05) is 12.6 Å². The molecule has 0 aliphatic rings. The minimum atomic E-state index is -0.905. The van der Waals surface area contributed by atoms with Gasteiger partial charge < -0.3 is 10.4 Å². The Labute approximate surface area is 111 Å². The van der Waals surface area contributed by atoms with Crippen molar-refractivity contribution in [2.75, 3.05) is 11.9 Å². The van der Waals surface area contributed by atoms with E-state index in [1.807, 2.05) is 20.8 Å². The number of carboxylic acids is 1. The van der Waals surface area contributed by atoms with Crippen molar-refractivity contribution < 1.29 is 14.8 Å². The fourth-order valence-corrected chi connectivity index (χ4v) is 1.78. The zero-order valence-corrected chi connectivity index (χ0v) is 11.2. The van der Waals surface area contributed by atoms with Crippen molar-refractivity contribution in [3.8, 4) is 0 Å². The third-order valence-electron chi connectivity index (χ3n) is 2.98. The van der Waals surface area contributed by atoms with Crippen molar-refractivity contribution in [3.63, 3.8) is 0 Å². The molecule has 1 unspecified atom stereocenters. The van der Waals surface area contributed by atoms with Gasteiger partial charge >= 0.3 is 5.97 Å². The second-order valence-corrected chi connectivity index (χ2v) is 4.85. The monoisotopic (exact) mass is 266 g/mol. The molecule has 0 aliphatic heterocycles. The van der Waals surface area contributed by atoms with E-state index < -0.39 is 16.8 Å². The topological polar surface area (TPSA) is 92.5 Å². The van der Waals surface area contributed by atoms with Crippen molar-refractivity contribution in [2.24, 2.45) is 11.8 Å². The number of carboxylic acid groups (broad SMARTS) is 1. The summed E-state index contributed by atoms with van der Waals surface area (Å²) in [6, 6.07) is 4.72. The minimum absolute atomic E-state index is 0.0431. The van der Waals surface area contributed by atoms with Crippen LogP contribution in [0, 0.1) is 28.9 Å². The van der Waals surface area contributed by atoms with Gasteiger partial charge in [-0.3, -0.25) is 14.9 Å². The third kappa shape index (κ3) is 3.94. The molecule has 1 aromatic carbocycles. The number of aliphatic carboxylic acids is 1. The number of anilines is 1. The van der Waals surface area contributed by atoms with Crippen molar-refractivity contribution >= 4 is 17.3 Å². The lowest BCUT2D eigenvalue weighted by molar-refractivity contribution is -0.384. The number of nitrogens with zero attached hydrogens (tertiary/aromatic N) is 1. The summed E-state index contributed by atoms with van der Waals surface area (Å²) in [6.45, 7) is 5.61. The highest BCUT2D eigenvalue weighted by Gasteiger charge is 2.22. The Morgan fingerprint density at radius 3 is 2.58 bits per heavy atom. The molecule has 0 heterocycles. The van der Waals surface area contributed by atoms with Gasteiger partial charge in [-0.2, -0.15) is 0 Å². The maximum Gasteiger partial charge on any atom is 0.308 e. The zero-order valence-electron chi connectivity index (χ0n) is 11.2. The molecular weight excluding hydrogens is 248 g/mol. The lowest BCUT2D eigenvalue weighted by Crippen LogP contribution is -2.27. The molecule has 1 aromatic rings. The lowest BCUT2D eigenvalue weighted by Gasteiger charge is -2.17. The molecule has 0 aromatic heterocycles. The van der Waals surface area contributed by atoms with E-state index in [9.17, 15) is 14.9 Å². The molecule has 0 saturated carbocycles. The number of aryl methyl sites for hydroxylation is 1. The van der Waals surface area contributed by atoms with Crippen LogP contribution >= 0.6 is 0 Å². The number of hydrogen-bond acceptors (Lipinski definition) is 4. The van der Waals surface area contributed by atoms with E-state index in [0.717, 1.165) is 5.56 Å². The molecule has 0 bridgehead atoms. The summed E-state index contributed by atoms with van der Waals surface area (Å²) >= 11 is 0. The first-order chi connectivity index (χ1) is 8.82. The summed E-state index contributed by atoms with van der Waals surface area (Å²) in [5.41, 5.74) is 1.19. The van der Waals surface area contributed by atoms with Crippen LogP contribution in [0.5, 0.6) is 0 Å². The second-order valence-electron chi connectivity index (χ2n) is 4.85. The predicted octanol–water partition coefficient (Wildman–Crippen LogP) is 2.67. The highest BCUT2D eigenvalue weighted by atomic mass is 16.6. The molecule has 19 heavy (non-hydrogen) atoms. The number of benzene rings is 1. The Hall–Kier alpha value is -2.11. The first-order valence-electron chi connectivity index (χ1n) is 6.04. The molecule has 0 fully saturated rings. The zero-order chi connectivity index (χ0) is 14.6. The Kier molecular flexibility index (Phi) is 4.86. The van der Waals surface area contributed by atoms with Gasteiger partial charge in [0.1, 0.15) is 5.69 Å². The number of nitrogens with one attached hydrogen (secondary N) is 1. The summed E-state index contributed by atoms with van der Waals surface area (Å²) < 4.78 is 0. The lowest BCUT2D eigenvalue weighted by atomic mass is 9.96. The largest absolute Gasteiger partial charge is 0.481 e. The Bertz CT molecular complexity index is 486. The van der Waals surface area contributed by atoms with E-state index in [2.05, 4.69) is 5.32 Å². The van der Waals surface area contributed by atoms with E-state index >= 15 is 0 Å². The van der Waals surface area contributed by atoms with Crippen LogP contribution in [0.2, 0.25) is 0 Å². The Morgan fingerprint density at radius 1 is 1.47 bits per heavy atom. The minimum Gasteiger partial charge on any atom is -0.481 e. The van der Waals surface area contributed by atoms with Crippen LogP contribution in [0.15, 0.2) is 18.2 Å². The third-order valence-corrected chi connectivity index (χ3v) is 2.98. The van der Waals surface area contributed by atoms with E-state index in [0.29, 0.717) is 5.69 Å². The highest BCUT2D eigenvalue weighted by Crippen LogP contribution is 2.26. The van der Waals surface area contributed by atoms with Gasteiger partial charge in [0.05, 0.1) is 10.8 Å². The smallest absolute Gasteiger partial charge is 0.308 e. The number of rotatable bonds is 6. The second kappa shape index (κ2) is 6.17. The predicted molar refractivity (Wildman–Crippen MR) is 72.3 cm³/mol. The van der Waals surface area contributed by atoms with Crippen LogP contribution in [-0.2, 0) is 4.79 Å². The first kappa shape index (κ1) is 14.9. The molecule has 2 N–H and O–H groups in total. The molecule has 0 spiro atoms. The standard InChI is InChI=1S/C13H18N2O4/c1-8(2)10(13(16)17)7-14-11-6-9(3)4-5-12(11)15(18)19/h4-6,8,10,14H,7H2,1-3H3,(H,16,17). The summed E-state index contributed by atoms with van der Waals surface area (Å²) in [4.78, 5) is 21.5. The average Bonchev–Trinajstić information content (AvgIpc) is 2.27. The quantitative estimate of drug-likeness (QED) is 0.610. The van der Waals surface area contributed by atoms with Gasteiger partial charge in [-0.25, -0.2) is 0 Å². The molecule has 1 rings (SSSR count). The van der Waals surface area contributed by atoms with Gasteiger partial charge in [-0.1, -0.05) is 19.9 Å². The molecule has 1 atom stereocenters. The Balaban J connectivity index is 2.90. The molecule has 0 amide bonds. The van der Waals surface area contributed by atoms with Crippen LogP contribution in [-0.4, -0.2) is 22.5 Å². The van der Waals surface area contributed by atoms with Crippen LogP contribution in [0.3, 0.4) is 0 Å². The van der Waals surface area contributed by atoms with Gasteiger partial charge in [-0.15, -0.1) is 0 Å². The molecule has 0 saturated heterocycles. The van der Waals surface area contributed by atoms with Crippen LogP contribution in [0.4, 0.5) is 11.4 Å². The fourth-order valence-electron chi connectivity index (χ4n) is 1.78. The van der Waals surface area contributed by atoms with Crippen molar-refractivity contribution in [1.29, 1.82) is 0 Å². The number of carbonyl (C=O) groups is 1. The van der Waals surface area contributed by atoms with Gasteiger partial charge in [-0.05, 0) is 24.5 Å². The number of nitro benzene ring substituents is 1. The van der Waals surface area contributed by atoms with E-state index in [1.165, 1.54) is 6.07 Å². The molecule has 0 radical (unpaired) electrons. The summed E-state index contributed by atoms with van der Waals surface area (Å²) in [5, 5.41) is 22.9. The van der Waals surface area contributed by atoms with E-state index in [-0.39, 0.29) is 18.2 Å². The van der Waals surface area contributed by atoms with Gasteiger partial charge in [0.25, 0.3) is 5.69 Å². The van der Waals surface area contributed by atoms with Gasteiger partial charge in [0.15, 0.2) is 0 Å². The molecular formula is C13H18N2O4. The SMILES string of the molecule is Cc1ccc([N+](=O)[O-])c(NCC(C(=O)O)C(C)C)c1. The normalized spacial score (nSPS) is 12.2. The molecule has 0 aliphatic carbocycles. The fraction of sp³-hybridized carbons (Fsp3) is 0.462. The van der Waals surface area contributed by atoms with Gasteiger partial charge in [0.2, 0.25) is 0 Å². The summed E-state index contributed by atoms with van der Waals surface area (Å²) in [6.07, 6.45) is 0. The van der Waals surface area contributed by atoms with Crippen molar-refractivity contribution in [1.82, 2.24) is 0 Å². The maximum absolute atomic E-state index is 11.1. The van der Waals surface area contributed by atoms with Crippen LogP contribution in [0.1, 0.15) is 19.4 Å². The summed E-state index contributed by atoms with van der Waals surface area (Å²) in [7, 11) is 0. The molecule has 6 nitrogen and oxygen atoms in total. The van der Waals surface area contributed by atoms with Crippen molar-refractivity contribution in [2.45, 2.75) is 20.8 Å². The average molecular weight is 266 g/mol. The number of nitro groups is 1. The first-order valence-corrected chi connectivity index (χ1v) is 6.04. The Morgan fingerprint density at radius 2 is 2.11 bits per heavy atom. The van der Waals surface area contributed by atoms with Crippen LogP contribution < -0.4 is 5.32 Å². The van der Waals surface area contributed by atoms with E-state index in [1.54, 1.807) is 12.1 Å². The van der Waals surface area contributed by atoms with Crippen LogP contribution in [0.25, 0.3) is 0 Å². The maximum atomic E-state index is 11.1. The molecule has 6 heteroatoms. The van der Waals surface area contributed by atoms with Crippen molar-refractivity contribution in [3.05, 3.63) is 33.9 Å². The summed E-state index contributed by atoms with van der Waals surface area (Å²) in [5.74, 6) is -1.54. The van der Waals surface area contributed by atoms with E-state index in [4.69, 9.17) is 5.11 Å². The molecule has 104 valence electrons. The number of hydrogen-bond donors (Lipinski definition) is 2.